The molecule has 10 heteroatoms. The van der Waals surface area contributed by atoms with Gasteiger partial charge >= 0.3 is 0 Å². The lowest BCUT2D eigenvalue weighted by Crippen LogP contribution is -2.50. The molecule has 0 unspecified atom stereocenters. The van der Waals surface area contributed by atoms with Crippen LogP contribution in [0.25, 0.3) is 0 Å². The average molecular weight is 482 g/mol. The minimum absolute atomic E-state index is 0.0173. The number of carbonyl (C=O) groups excluding carboxylic acids is 3. The van der Waals surface area contributed by atoms with Crippen LogP contribution in [0.15, 0.2) is 41.9 Å². The number of aromatic nitrogens is 2. The lowest BCUT2D eigenvalue weighted by molar-refractivity contribution is -0.137. The molecule has 2 aliphatic rings. The number of anilines is 1. The number of nitrogens with zero attached hydrogens (tertiary/aromatic N) is 4. The third kappa shape index (κ3) is 4.87. The van der Waals surface area contributed by atoms with Crippen LogP contribution in [-0.4, -0.2) is 63.5 Å². The fourth-order valence-corrected chi connectivity index (χ4v) is 5.79. The second kappa shape index (κ2) is 9.50. The Morgan fingerprint density at radius 1 is 1.09 bits per heavy atom. The maximum Gasteiger partial charge on any atom is 0.267 e. The van der Waals surface area contributed by atoms with Crippen LogP contribution < -0.4 is 5.32 Å². The van der Waals surface area contributed by atoms with Crippen molar-refractivity contribution in [3.05, 3.63) is 63.1 Å². The Morgan fingerprint density at radius 2 is 1.94 bits per heavy atom. The summed E-state index contributed by atoms with van der Waals surface area (Å²) in [4.78, 5) is 52.4. The number of hydrogen-bond donors (Lipinski definition) is 1. The summed E-state index contributed by atoms with van der Waals surface area (Å²) >= 11 is 2.54. The molecule has 0 radical (unpaired) electrons. The van der Waals surface area contributed by atoms with Gasteiger partial charge in [0.15, 0.2) is 10.9 Å². The SMILES string of the molecule is O=C(Nc1nc2c(s1)C(=O)C[C@H](C(=O)N1CCN(Cc3ccccn3)CC1)C2)c1cccs1. The molecule has 0 saturated carbocycles. The van der Waals surface area contributed by atoms with Gasteiger partial charge in [0.25, 0.3) is 5.91 Å². The number of rotatable bonds is 5. The average Bonchev–Trinajstić information content (AvgIpc) is 3.50. The molecule has 1 atom stereocenters. The summed E-state index contributed by atoms with van der Waals surface area (Å²) in [5.74, 6) is -0.684. The third-order valence-corrected chi connectivity index (χ3v) is 7.86. The van der Waals surface area contributed by atoms with Crippen molar-refractivity contribution in [3.63, 3.8) is 0 Å². The first-order chi connectivity index (χ1) is 16.1. The molecule has 1 aliphatic heterocycles. The summed E-state index contributed by atoms with van der Waals surface area (Å²) < 4.78 is 0. The number of ketones is 1. The van der Waals surface area contributed by atoms with Gasteiger partial charge in [0, 0.05) is 51.8 Å². The molecule has 170 valence electrons. The molecular formula is C23H23N5O3S2. The van der Waals surface area contributed by atoms with Crippen LogP contribution in [0.2, 0.25) is 0 Å². The first kappa shape index (κ1) is 21.9. The fourth-order valence-electron chi connectivity index (χ4n) is 4.23. The van der Waals surface area contributed by atoms with E-state index in [1.165, 1.54) is 22.7 Å². The van der Waals surface area contributed by atoms with Gasteiger partial charge in [-0.25, -0.2) is 4.98 Å². The Kier molecular flexibility index (Phi) is 6.30. The summed E-state index contributed by atoms with van der Waals surface area (Å²) in [6.45, 7) is 3.62. The molecule has 3 aromatic heterocycles. The van der Waals surface area contributed by atoms with Crippen molar-refractivity contribution < 1.29 is 14.4 Å². The highest BCUT2D eigenvalue weighted by Crippen LogP contribution is 2.33. The fraction of sp³-hybridized carbons (Fsp3) is 0.348. The van der Waals surface area contributed by atoms with Crippen molar-refractivity contribution in [2.45, 2.75) is 19.4 Å². The number of thiophene rings is 1. The van der Waals surface area contributed by atoms with Crippen LogP contribution in [0.4, 0.5) is 5.13 Å². The Bertz CT molecular complexity index is 1150. The first-order valence-corrected chi connectivity index (χ1v) is 12.6. The number of thiazole rings is 1. The van der Waals surface area contributed by atoms with Crippen molar-refractivity contribution in [1.82, 2.24) is 19.8 Å². The molecule has 3 aromatic rings. The number of carbonyl (C=O) groups is 3. The maximum absolute atomic E-state index is 13.2. The van der Waals surface area contributed by atoms with E-state index in [-0.39, 0.29) is 24.0 Å². The molecule has 1 N–H and O–H groups in total. The van der Waals surface area contributed by atoms with E-state index in [0.29, 0.717) is 40.1 Å². The number of amides is 2. The molecule has 0 spiro atoms. The van der Waals surface area contributed by atoms with Crippen molar-refractivity contribution in [3.8, 4) is 0 Å². The molecule has 0 aromatic carbocycles. The van der Waals surface area contributed by atoms with E-state index in [2.05, 4.69) is 20.2 Å². The number of nitrogens with one attached hydrogen (secondary N) is 1. The molecule has 5 rings (SSSR count). The van der Waals surface area contributed by atoms with Crippen molar-refractivity contribution in [1.29, 1.82) is 0 Å². The molecule has 1 saturated heterocycles. The van der Waals surface area contributed by atoms with Crippen LogP contribution in [0.5, 0.6) is 0 Å². The number of fused-ring (bicyclic) bond motifs is 1. The zero-order valence-electron chi connectivity index (χ0n) is 17.9. The molecular weight excluding hydrogens is 458 g/mol. The van der Waals surface area contributed by atoms with E-state index in [0.717, 1.165) is 25.3 Å². The number of hydrogen-bond acceptors (Lipinski definition) is 8. The quantitative estimate of drug-likeness (QED) is 0.602. The Labute approximate surface area is 199 Å². The monoisotopic (exact) mass is 481 g/mol. The third-order valence-electron chi connectivity index (χ3n) is 5.93. The number of Topliss-reactive ketones (excluding diaryl/α,β-unsaturated/α-hetero) is 1. The van der Waals surface area contributed by atoms with Gasteiger partial charge in [-0.3, -0.25) is 29.6 Å². The highest BCUT2D eigenvalue weighted by Gasteiger charge is 2.36. The van der Waals surface area contributed by atoms with Gasteiger partial charge in [-0.2, -0.15) is 0 Å². The molecule has 8 nitrogen and oxygen atoms in total. The van der Waals surface area contributed by atoms with Gasteiger partial charge in [0.1, 0.15) is 0 Å². The van der Waals surface area contributed by atoms with E-state index >= 15 is 0 Å². The molecule has 0 bridgehead atoms. The summed E-state index contributed by atoms with van der Waals surface area (Å²) in [6.07, 6.45) is 2.42. The second-order valence-corrected chi connectivity index (χ2v) is 10.1. The van der Waals surface area contributed by atoms with Crippen LogP contribution in [0, 0.1) is 5.92 Å². The van der Waals surface area contributed by atoms with Gasteiger partial charge in [0.05, 0.1) is 27.1 Å². The predicted octanol–water partition coefficient (Wildman–Crippen LogP) is 2.94. The van der Waals surface area contributed by atoms with E-state index in [1.54, 1.807) is 12.3 Å². The molecule has 2 amide bonds. The normalized spacial score (nSPS) is 18.7. The number of piperazine rings is 1. The highest BCUT2D eigenvalue weighted by atomic mass is 32.1. The van der Waals surface area contributed by atoms with Crippen LogP contribution in [0.1, 0.15) is 37.2 Å². The lowest BCUT2D eigenvalue weighted by Gasteiger charge is -2.36. The zero-order valence-corrected chi connectivity index (χ0v) is 19.5. The lowest BCUT2D eigenvalue weighted by atomic mass is 9.88. The molecule has 4 heterocycles. The van der Waals surface area contributed by atoms with Crippen molar-refractivity contribution in [2.24, 2.45) is 5.92 Å². The van der Waals surface area contributed by atoms with Crippen LogP contribution in [-0.2, 0) is 17.8 Å². The highest BCUT2D eigenvalue weighted by molar-refractivity contribution is 7.18. The van der Waals surface area contributed by atoms with Crippen molar-refractivity contribution in [2.75, 3.05) is 31.5 Å². The summed E-state index contributed by atoms with van der Waals surface area (Å²) in [5.41, 5.74) is 1.64. The Morgan fingerprint density at radius 3 is 2.67 bits per heavy atom. The van der Waals surface area contributed by atoms with E-state index in [9.17, 15) is 14.4 Å². The minimum atomic E-state index is -0.393. The second-order valence-electron chi connectivity index (χ2n) is 8.18. The number of pyridine rings is 1. The predicted molar refractivity (Wildman–Crippen MR) is 127 cm³/mol. The zero-order chi connectivity index (χ0) is 22.8. The van der Waals surface area contributed by atoms with Crippen LogP contribution in [0.3, 0.4) is 0 Å². The summed E-state index contributed by atoms with van der Waals surface area (Å²) in [7, 11) is 0. The molecule has 1 aliphatic carbocycles. The van der Waals surface area contributed by atoms with E-state index in [4.69, 9.17) is 0 Å². The van der Waals surface area contributed by atoms with Gasteiger partial charge in [0.2, 0.25) is 5.91 Å². The van der Waals surface area contributed by atoms with E-state index in [1.807, 2.05) is 34.5 Å². The summed E-state index contributed by atoms with van der Waals surface area (Å²) in [6, 6.07) is 9.44. The Balaban J connectivity index is 1.19. The van der Waals surface area contributed by atoms with Gasteiger partial charge in [-0.15, -0.1) is 11.3 Å². The maximum atomic E-state index is 13.2. The smallest absolute Gasteiger partial charge is 0.267 e. The van der Waals surface area contributed by atoms with Gasteiger partial charge < -0.3 is 4.90 Å². The minimum Gasteiger partial charge on any atom is -0.340 e. The topological polar surface area (TPSA) is 95.5 Å². The standard InChI is InChI=1S/C23H23N5O3S2/c29-18-13-15(12-17-20(18)33-23(25-17)26-21(30)19-5-3-11-32-19)22(31)28-9-7-27(8-10-28)14-16-4-1-2-6-24-16/h1-6,11,15H,7-10,12-14H2,(H,25,26,30)/t15-/m1/s1. The van der Waals surface area contributed by atoms with Crippen LogP contribution >= 0.6 is 22.7 Å². The largest absolute Gasteiger partial charge is 0.340 e. The van der Waals surface area contributed by atoms with E-state index < -0.39 is 5.92 Å². The first-order valence-electron chi connectivity index (χ1n) is 10.9. The van der Waals surface area contributed by atoms with Gasteiger partial charge in [-0.05, 0) is 23.6 Å². The summed E-state index contributed by atoms with van der Waals surface area (Å²) in [5, 5.41) is 5.01. The van der Waals surface area contributed by atoms with Crippen molar-refractivity contribution >= 4 is 45.4 Å². The molecule has 33 heavy (non-hydrogen) atoms. The molecule has 1 fully saturated rings. The van der Waals surface area contributed by atoms with Gasteiger partial charge in [-0.1, -0.05) is 23.5 Å². The Hall–Kier alpha value is -2.95.